The molecule has 0 bridgehead atoms. The lowest BCUT2D eigenvalue weighted by molar-refractivity contribution is 0.143. The van der Waals surface area contributed by atoms with Crippen LogP contribution in [0.1, 0.15) is 81.1 Å². The Labute approximate surface area is 111 Å². The Morgan fingerprint density at radius 3 is 1.76 bits per heavy atom. The van der Waals surface area contributed by atoms with Gasteiger partial charge in [-0.3, -0.25) is 0 Å². The van der Waals surface area contributed by atoms with E-state index in [0.717, 1.165) is 23.7 Å². The van der Waals surface area contributed by atoms with Crippen molar-refractivity contribution < 1.29 is 0 Å². The molecule has 0 aliphatic carbocycles. The van der Waals surface area contributed by atoms with E-state index in [4.69, 9.17) is 0 Å². The van der Waals surface area contributed by atoms with Crippen LogP contribution in [0.4, 0.5) is 0 Å². The zero-order valence-corrected chi connectivity index (χ0v) is 13.6. The lowest BCUT2D eigenvalue weighted by Crippen LogP contribution is -2.26. The van der Waals surface area contributed by atoms with Gasteiger partial charge < -0.3 is 0 Å². The summed E-state index contributed by atoms with van der Waals surface area (Å²) in [5.41, 5.74) is 0.569. The highest BCUT2D eigenvalue weighted by molar-refractivity contribution is 4.79. The van der Waals surface area contributed by atoms with Gasteiger partial charge in [0.2, 0.25) is 0 Å². The third-order valence-electron chi connectivity index (χ3n) is 5.30. The first-order chi connectivity index (χ1) is 7.77. The molecule has 0 saturated carbocycles. The third kappa shape index (κ3) is 5.44. The highest BCUT2D eigenvalue weighted by atomic mass is 14.3. The van der Waals surface area contributed by atoms with Gasteiger partial charge in [-0.05, 0) is 41.9 Å². The van der Waals surface area contributed by atoms with Gasteiger partial charge in [-0.15, -0.1) is 0 Å². The topological polar surface area (TPSA) is 0 Å². The van der Waals surface area contributed by atoms with Crippen LogP contribution >= 0.6 is 0 Å². The van der Waals surface area contributed by atoms with Crippen LogP contribution < -0.4 is 0 Å². The van der Waals surface area contributed by atoms with E-state index in [9.17, 15) is 0 Å². The van der Waals surface area contributed by atoms with Gasteiger partial charge in [-0.2, -0.15) is 0 Å². The average molecular weight is 240 g/mol. The van der Waals surface area contributed by atoms with Crippen LogP contribution in [-0.4, -0.2) is 0 Å². The Bertz CT molecular complexity index is 194. The predicted octanol–water partition coefficient (Wildman–Crippen LogP) is 6.16. The maximum absolute atomic E-state index is 2.49. The molecular formula is C17H36. The maximum atomic E-state index is 2.49. The van der Waals surface area contributed by atoms with Crippen LogP contribution in [0, 0.1) is 29.1 Å². The first-order valence-electron chi connectivity index (χ1n) is 7.77. The molecule has 0 aromatic heterocycles. The van der Waals surface area contributed by atoms with Crippen LogP contribution in [-0.2, 0) is 0 Å². The van der Waals surface area contributed by atoms with Crippen molar-refractivity contribution >= 4 is 0 Å². The zero-order chi connectivity index (χ0) is 13.6. The van der Waals surface area contributed by atoms with Gasteiger partial charge in [0.15, 0.2) is 0 Å². The second-order valence-corrected chi connectivity index (χ2v) is 7.06. The molecule has 0 N–H and O–H groups in total. The summed E-state index contributed by atoms with van der Waals surface area (Å²) in [4.78, 5) is 0. The second-order valence-electron chi connectivity index (χ2n) is 7.06. The van der Waals surface area contributed by atoms with E-state index in [1.54, 1.807) is 0 Å². The fraction of sp³-hybridized carbons (Fsp3) is 1.00. The van der Waals surface area contributed by atoms with Gasteiger partial charge in [-0.1, -0.05) is 68.2 Å². The molecule has 0 rings (SSSR count). The van der Waals surface area contributed by atoms with Crippen LogP contribution in [0.15, 0.2) is 0 Å². The van der Waals surface area contributed by atoms with Gasteiger partial charge in [-0.25, -0.2) is 0 Å². The summed E-state index contributed by atoms with van der Waals surface area (Å²) >= 11 is 0. The van der Waals surface area contributed by atoms with Crippen LogP contribution in [0.25, 0.3) is 0 Å². The van der Waals surface area contributed by atoms with Crippen LogP contribution in [0.2, 0.25) is 0 Å². The molecule has 0 saturated heterocycles. The van der Waals surface area contributed by atoms with Crippen LogP contribution in [0.3, 0.4) is 0 Å². The van der Waals surface area contributed by atoms with E-state index in [2.05, 4.69) is 55.4 Å². The minimum absolute atomic E-state index is 0.569. The van der Waals surface area contributed by atoms with Gasteiger partial charge in [0.1, 0.15) is 0 Å². The van der Waals surface area contributed by atoms with Gasteiger partial charge in [0.05, 0.1) is 0 Å². The Balaban J connectivity index is 4.45. The molecule has 0 amide bonds. The van der Waals surface area contributed by atoms with E-state index in [-0.39, 0.29) is 0 Å². The molecule has 0 spiro atoms. The van der Waals surface area contributed by atoms with Crippen molar-refractivity contribution in [3.8, 4) is 0 Å². The molecule has 104 valence electrons. The van der Waals surface area contributed by atoms with Crippen molar-refractivity contribution in [1.82, 2.24) is 0 Å². The molecule has 0 aliphatic heterocycles. The molecule has 0 radical (unpaired) electrons. The Morgan fingerprint density at radius 1 is 0.882 bits per heavy atom. The molecule has 0 aromatic rings. The maximum Gasteiger partial charge on any atom is -0.0326 e. The molecule has 0 heteroatoms. The standard InChI is InChI=1S/C17H36/c1-9-11-17(8,10-2)12-14(5)16(7)15(6)13(3)4/h13-16H,9-12H2,1-8H3. The molecule has 4 unspecified atom stereocenters. The molecule has 0 nitrogen and oxygen atoms in total. The highest BCUT2D eigenvalue weighted by Crippen LogP contribution is 2.39. The Kier molecular flexibility index (Phi) is 7.44. The average Bonchev–Trinajstić information content (AvgIpc) is 2.27. The van der Waals surface area contributed by atoms with Crippen molar-refractivity contribution in [2.75, 3.05) is 0 Å². The van der Waals surface area contributed by atoms with Crippen molar-refractivity contribution in [2.45, 2.75) is 81.1 Å². The second kappa shape index (κ2) is 7.44. The molecule has 0 heterocycles. The summed E-state index contributed by atoms with van der Waals surface area (Å²) in [6.07, 6.45) is 5.44. The number of rotatable bonds is 8. The summed E-state index contributed by atoms with van der Waals surface area (Å²) in [6.45, 7) is 19.2. The van der Waals surface area contributed by atoms with Crippen molar-refractivity contribution in [3.05, 3.63) is 0 Å². The molecule has 0 aliphatic rings. The van der Waals surface area contributed by atoms with Gasteiger partial charge in [0.25, 0.3) is 0 Å². The van der Waals surface area contributed by atoms with E-state index in [0.29, 0.717) is 5.41 Å². The van der Waals surface area contributed by atoms with Gasteiger partial charge >= 0.3 is 0 Å². The molecule has 0 aromatic carbocycles. The molecule has 4 atom stereocenters. The summed E-state index contributed by atoms with van der Waals surface area (Å²) in [5, 5.41) is 0. The summed E-state index contributed by atoms with van der Waals surface area (Å²) in [6, 6.07) is 0. The van der Waals surface area contributed by atoms with E-state index < -0.39 is 0 Å². The smallest absolute Gasteiger partial charge is 0.0326 e. The summed E-state index contributed by atoms with van der Waals surface area (Å²) < 4.78 is 0. The first kappa shape index (κ1) is 17.0. The lowest BCUT2D eigenvalue weighted by Gasteiger charge is -2.36. The van der Waals surface area contributed by atoms with Gasteiger partial charge in [0, 0.05) is 0 Å². The van der Waals surface area contributed by atoms with E-state index >= 15 is 0 Å². The Morgan fingerprint density at radius 2 is 1.41 bits per heavy atom. The van der Waals surface area contributed by atoms with Crippen molar-refractivity contribution in [2.24, 2.45) is 29.1 Å². The van der Waals surface area contributed by atoms with Crippen molar-refractivity contribution in [1.29, 1.82) is 0 Å². The van der Waals surface area contributed by atoms with E-state index in [1.807, 2.05) is 0 Å². The van der Waals surface area contributed by atoms with E-state index in [1.165, 1.54) is 25.7 Å². The Hall–Kier alpha value is 0. The fourth-order valence-corrected chi connectivity index (χ4v) is 3.12. The normalized spacial score (nSPS) is 21.0. The monoisotopic (exact) mass is 240 g/mol. The van der Waals surface area contributed by atoms with Crippen molar-refractivity contribution in [3.63, 3.8) is 0 Å². The largest absolute Gasteiger partial charge is 0.0654 e. The number of hydrogen-bond acceptors (Lipinski definition) is 0. The molecule has 17 heavy (non-hydrogen) atoms. The SMILES string of the molecule is CCCC(C)(CC)CC(C)C(C)C(C)C(C)C. The predicted molar refractivity (Wildman–Crippen MR) is 80.3 cm³/mol. The quantitative estimate of drug-likeness (QED) is 0.477. The minimum Gasteiger partial charge on any atom is -0.0654 e. The molecular weight excluding hydrogens is 204 g/mol. The lowest BCUT2D eigenvalue weighted by atomic mass is 9.69. The third-order valence-corrected chi connectivity index (χ3v) is 5.30. The fourth-order valence-electron chi connectivity index (χ4n) is 3.12. The molecule has 0 fully saturated rings. The number of hydrogen-bond donors (Lipinski definition) is 0. The summed E-state index contributed by atoms with van der Waals surface area (Å²) in [7, 11) is 0. The van der Waals surface area contributed by atoms with Crippen LogP contribution in [0.5, 0.6) is 0 Å². The highest BCUT2D eigenvalue weighted by Gasteiger charge is 2.28. The zero-order valence-electron chi connectivity index (χ0n) is 13.6. The summed E-state index contributed by atoms with van der Waals surface area (Å²) in [5.74, 6) is 3.35. The first-order valence-corrected chi connectivity index (χ1v) is 7.77. The minimum atomic E-state index is 0.569.